The third kappa shape index (κ3) is 3.16. The van der Waals surface area contributed by atoms with E-state index in [9.17, 15) is 8.78 Å². The lowest BCUT2D eigenvalue weighted by Crippen LogP contribution is -2.21. The number of hydrogen-bond donors (Lipinski definition) is 0. The summed E-state index contributed by atoms with van der Waals surface area (Å²) in [4.78, 5) is 2.58. The summed E-state index contributed by atoms with van der Waals surface area (Å²) in [5.74, 6) is -6.59. The van der Waals surface area contributed by atoms with E-state index in [2.05, 4.69) is 6.67 Å². The lowest BCUT2D eigenvalue weighted by molar-refractivity contribution is 0.412. The topological polar surface area (TPSA) is 6.48 Å². The molecule has 3 aromatic rings. The van der Waals surface area contributed by atoms with E-state index in [1.54, 1.807) is 0 Å². The van der Waals surface area contributed by atoms with Crippen molar-refractivity contribution in [2.24, 2.45) is 0 Å². The molecule has 0 atom stereocenters. The molecule has 1 aliphatic rings. The first-order valence-corrected chi connectivity index (χ1v) is 9.91. The number of fused-ring (bicyclic) bond motifs is 1. The molecule has 0 aliphatic carbocycles. The van der Waals surface area contributed by atoms with Gasteiger partial charge in [0, 0.05) is 11.4 Å². The van der Waals surface area contributed by atoms with Crippen molar-refractivity contribution in [1.29, 1.82) is 0 Å². The number of benzene rings is 3. The van der Waals surface area contributed by atoms with Gasteiger partial charge in [0.1, 0.15) is 11.4 Å². The van der Waals surface area contributed by atoms with Gasteiger partial charge in [-0.05, 0) is 63.8 Å². The van der Waals surface area contributed by atoms with E-state index in [-0.39, 0.29) is 0 Å². The zero-order valence-corrected chi connectivity index (χ0v) is 18.2. The average Bonchev–Trinajstić information content (AvgIpc) is 3.02. The molecular weight excluding hydrogens is 404 g/mol. The summed E-state index contributed by atoms with van der Waals surface area (Å²) in [6, 6.07) is 7.57. The molecule has 3 aromatic carbocycles. The van der Waals surface area contributed by atoms with Crippen LogP contribution in [0.4, 0.5) is 40.3 Å². The second kappa shape index (κ2) is 7.29. The summed E-state index contributed by atoms with van der Waals surface area (Å²) < 4.78 is 58.7. The van der Waals surface area contributed by atoms with E-state index >= 15 is 8.78 Å². The Hall–Kier alpha value is -3.02. The standard InChI is InChI=1S/C25H22F4N2/c1-12-7-14(3)22(15(4)8-12)30-11-31(23-16(5)9-13(2)10-17(23)6)25-21(29)19(27)18(26)20(28)24(25)30/h7-10H,1-6H3. The van der Waals surface area contributed by atoms with Crippen molar-refractivity contribution < 1.29 is 17.6 Å². The second-order valence-electron chi connectivity index (χ2n) is 8.22. The molecular formula is C25H22F4N2. The van der Waals surface area contributed by atoms with Gasteiger partial charge in [-0.3, -0.25) is 0 Å². The zero-order valence-electron chi connectivity index (χ0n) is 18.2. The molecule has 0 N–H and O–H groups in total. The maximum absolute atomic E-state index is 15.1. The van der Waals surface area contributed by atoms with Crippen LogP contribution in [0, 0.1) is 71.5 Å². The van der Waals surface area contributed by atoms with Gasteiger partial charge in [-0.1, -0.05) is 35.4 Å². The maximum atomic E-state index is 15.1. The summed E-state index contributed by atoms with van der Waals surface area (Å²) in [7, 11) is 0. The first kappa shape index (κ1) is 21.2. The fourth-order valence-electron chi connectivity index (χ4n) is 4.59. The van der Waals surface area contributed by atoms with Crippen molar-refractivity contribution in [2.75, 3.05) is 9.80 Å². The Balaban J connectivity index is 2.05. The van der Waals surface area contributed by atoms with Gasteiger partial charge >= 0.3 is 0 Å². The zero-order chi connectivity index (χ0) is 22.8. The minimum atomic E-state index is -1.84. The monoisotopic (exact) mass is 426 g/mol. The van der Waals surface area contributed by atoms with Crippen molar-refractivity contribution in [3.05, 3.63) is 87.6 Å². The quantitative estimate of drug-likeness (QED) is 0.240. The molecule has 0 bridgehead atoms. The number of nitrogens with zero attached hydrogens (tertiary/aromatic N) is 2. The Bertz CT molecular complexity index is 1090. The number of hydrogen-bond acceptors (Lipinski definition) is 2. The van der Waals surface area contributed by atoms with Gasteiger partial charge in [-0.15, -0.1) is 0 Å². The highest BCUT2D eigenvalue weighted by Gasteiger charge is 2.41. The Kier molecular flexibility index (Phi) is 4.99. The number of aryl methyl sites for hydroxylation is 6. The van der Waals surface area contributed by atoms with E-state index in [0.29, 0.717) is 11.4 Å². The van der Waals surface area contributed by atoms with Gasteiger partial charge in [-0.25, -0.2) is 17.6 Å². The molecule has 6 heteroatoms. The van der Waals surface area contributed by atoms with Crippen molar-refractivity contribution in [2.45, 2.75) is 41.5 Å². The first-order valence-electron chi connectivity index (χ1n) is 9.91. The first-order chi connectivity index (χ1) is 14.5. The third-order valence-corrected chi connectivity index (χ3v) is 5.58. The van der Waals surface area contributed by atoms with Crippen molar-refractivity contribution in [1.82, 2.24) is 0 Å². The smallest absolute Gasteiger partial charge is 0.218 e. The molecule has 0 saturated heterocycles. The number of halogens is 4. The largest absolute Gasteiger partial charge is 0.305 e. The van der Waals surface area contributed by atoms with Crippen LogP contribution in [-0.4, -0.2) is 0 Å². The van der Waals surface area contributed by atoms with E-state index in [1.165, 1.54) is 9.80 Å². The third-order valence-electron chi connectivity index (χ3n) is 5.58. The van der Waals surface area contributed by atoms with Crippen LogP contribution in [0.3, 0.4) is 0 Å². The van der Waals surface area contributed by atoms with Gasteiger partial charge in [0.05, 0.1) is 0 Å². The highest BCUT2D eigenvalue weighted by atomic mass is 19.2. The summed E-state index contributed by atoms with van der Waals surface area (Å²) in [6.45, 7) is 14.2. The predicted octanol–water partition coefficient (Wildman–Crippen LogP) is 7.38. The molecule has 0 spiro atoms. The molecule has 0 saturated carbocycles. The molecule has 4 rings (SSSR count). The Morgan fingerprint density at radius 2 is 0.774 bits per heavy atom. The molecule has 31 heavy (non-hydrogen) atoms. The van der Waals surface area contributed by atoms with Crippen LogP contribution >= 0.6 is 0 Å². The summed E-state index contributed by atoms with van der Waals surface area (Å²) in [5.41, 5.74) is 5.40. The Labute approximate surface area is 179 Å². The van der Waals surface area contributed by atoms with E-state index in [4.69, 9.17) is 0 Å². The van der Waals surface area contributed by atoms with Gasteiger partial charge < -0.3 is 9.80 Å². The van der Waals surface area contributed by atoms with Crippen LogP contribution in [0.5, 0.6) is 0 Å². The van der Waals surface area contributed by atoms with E-state index in [0.717, 1.165) is 33.4 Å². The molecule has 160 valence electrons. The fourth-order valence-corrected chi connectivity index (χ4v) is 4.59. The Morgan fingerprint density at radius 3 is 1.06 bits per heavy atom. The van der Waals surface area contributed by atoms with Crippen LogP contribution < -0.4 is 9.80 Å². The molecule has 0 aromatic heterocycles. The van der Waals surface area contributed by atoms with Crippen molar-refractivity contribution in [3.63, 3.8) is 0 Å². The summed E-state index contributed by atoms with van der Waals surface area (Å²) >= 11 is 0. The molecule has 1 heterocycles. The van der Waals surface area contributed by atoms with Crippen LogP contribution in [0.1, 0.15) is 33.4 Å². The van der Waals surface area contributed by atoms with Gasteiger partial charge in [0.15, 0.2) is 23.3 Å². The van der Waals surface area contributed by atoms with Crippen molar-refractivity contribution in [3.8, 4) is 0 Å². The van der Waals surface area contributed by atoms with Crippen LogP contribution in [0.2, 0.25) is 0 Å². The highest BCUT2D eigenvalue weighted by Crippen LogP contribution is 2.52. The molecule has 0 unspecified atom stereocenters. The normalized spacial score (nSPS) is 13.2. The van der Waals surface area contributed by atoms with Crippen molar-refractivity contribution >= 4 is 22.7 Å². The maximum Gasteiger partial charge on any atom is 0.218 e. The SMILES string of the molecule is Cc1cc(C)c(N2[C]N(c3c(C)cc(C)cc3C)c3c(F)c(F)c(F)c(F)c32)c(C)c1. The molecule has 0 amide bonds. The van der Waals surface area contributed by atoms with Crippen LogP contribution in [-0.2, 0) is 0 Å². The molecule has 2 radical (unpaired) electrons. The summed E-state index contributed by atoms with van der Waals surface area (Å²) in [6.07, 6.45) is 0. The van der Waals surface area contributed by atoms with Gasteiger partial charge in [-0.2, -0.15) is 0 Å². The minimum Gasteiger partial charge on any atom is -0.305 e. The number of anilines is 4. The van der Waals surface area contributed by atoms with Gasteiger partial charge in [0.2, 0.25) is 6.67 Å². The molecule has 1 aliphatic heterocycles. The minimum absolute atomic E-state index is 0.397. The fraction of sp³-hybridized carbons (Fsp3) is 0.240. The van der Waals surface area contributed by atoms with Crippen LogP contribution in [0.15, 0.2) is 24.3 Å². The average molecular weight is 426 g/mol. The van der Waals surface area contributed by atoms with Gasteiger partial charge in [0.25, 0.3) is 0 Å². The second-order valence-corrected chi connectivity index (χ2v) is 8.22. The Morgan fingerprint density at radius 1 is 0.484 bits per heavy atom. The highest BCUT2D eigenvalue weighted by molar-refractivity contribution is 5.92. The lowest BCUT2D eigenvalue weighted by atomic mass is 10.0. The molecule has 0 fully saturated rings. The van der Waals surface area contributed by atoms with E-state index < -0.39 is 34.6 Å². The van der Waals surface area contributed by atoms with Crippen LogP contribution in [0.25, 0.3) is 0 Å². The predicted molar refractivity (Wildman–Crippen MR) is 115 cm³/mol. The lowest BCUT2D eigenvalue weighted by Gasteiger charge is -2.25. The molecule has 2 nitrogen and oxygen atoms in total. The van der Waals surface area contributed by atoms with E-state index in [1.807, 2.05) is 65.8 Å². The number of rotatable bonds is 2. The summed E-state index contributed by atoms with van der Waals surface area (Å²) in [5, 5.41) is 0.